The Hall–Kier alpha value is -3.73. The van der Waals surface area contributed by atoms with Gasteiger partial charge in [0.1, 0.15) is 11.8 Å². The lowest BCUT2D eigenvalue weighted by Crippen LogP contribution is -2.45. The zero-order valence-corrected chi connectivity index (χ0v) is 24.3. The fraction of sp³-hybridized carbons (Fsp3) is 0.355. The van der Waals surface area contributed by atoms with Crippen LogP contribution in [0.15, 0.2) is 89.8 Å². The first kappa shape index (κ1) is 30.2. The summed E-state index contributed by atoms with van der Waals surface area (Å²) in [6.07, 6.45) is 0. The molecule has 218 valence electrons. The van der Waals surface area contributed by atoms with Crippen LogP contribution in [-0.2, 0) is 30.9 Å². The van der Waals surface area contributed by atoms with Crippen LogP contribution in [0.5, 0.6) is 5.75 Å². The molecule has 3 aromatic rings. The maximum absolute atomic E-state index is 13.7. The van der Waals surface area contributed by atoms with E-state index < -0.39 is 16.1 Å². The third-order valence-corrected chi connectivity index (χ3v) is 8.58. The van der Waals surface area contributed by atoms with E-state index in [0.29, 0.717) is 44.2 Å². The standard InChI is InChI=1S/C31H37N3O6S/c1-24(2)21-32-31(36)30(26-11-7-4-8-12-26)34(22-25-9-5-3-6-10-25)29(35)23-40-27-13-15-28(16-14-27)41(37,38)33-17-19-39-20-18-33/h3-16,24,30H,17-23H2,1-2H3,(H,32,36). The summed E-state index contributed by atoms with van der Waals surface area (Å²) in [4.78, 5) is 28.9. The largest absolute Gasteiger partial charge is 0.484 e. The molecule has 0 aliphatic carbocycles. The number of nitrogens with zero attached hydrogens (tertiary/aromatic N) is 2. The maximum Gasteiger partial charge on any atom is 0.261 e. The molecular weight excluding hydrogens is 542 g/mol. The SMILES string of the molecule is CC(C)CNC(=O)C(c1ccccc1)N(Cc1ccccc1)C(=O)COc1ccc(S(=O)(=O)N2CCOCC2)cc1. The molecule has 2 amide bonds. The Labute approximate surface area is 242 Å². The van der Waals surface area contributed by atoms with Gasteiger partial charge in [-0.3, -0.25) is 9.59 Å². The summed E-state index contributed by atoms with van der Waals surface area (Å²) in [5.74, 6) is -0.0641. The lowest BCUT2D eigenvalue weighted by atomic mass is 10.0. The Balaban J connectivity index is 1.54. The predicted molar refractivity (Wildman–Crippen MR) is 156 cm³/mol. The van der Waals surface area contributed by atoms with Gasteiger partial charge in [-0.15, -0.1) is 0 Å². The van der Waals surface area contributed by atoms with Crippen molar-refractivity contribution in [3.05, 3.63) is 96.1 Å². The minimum Gasteiger partial charge on any atom is -0.484 e. The van der Waals surface area contributed by atoms with Crippen LogP contribution < -0.4 is 10.1 Å². The lowest BCUT2D eigenvalue weighted by Gasteiger charge is -2.32. The molecule has 41 heavy (non-hydrogen) atoms. The van der Waals surface area contributed by atoms with Gasteiger partial charge in [0, 0.05) is 26.2 Å². The lowest BCUT2D eigenvalue weighted by molar-refractivity contribution is -0.143. The van der Waals surface area contributed by atoms with Crippen molar-refractivity contribution in [1.29, 1.82) is 0 Å². The van der Waals surface area contributed by atoms with E-state index in [4.69, 9.17) is 9.47 Å². The average molecular weight is 580 g/mol. The van der Waals surface area contributed by atoms with Gasteiger partial charge in [0.25, 0.3) is 5.91 Å². The average Bonchev–Trinajstić information content (AvgIpc) is 3.00. The molecule has 1 saturated heterocycles. The topological polar surface area (TPSA) is 105 Å². The number of carbonyl (C=O) groups is 2. The van der Waals surface area contributed by atoms with E-state index in [2.05, 4.69) is 5.32 Å². The summed E-state index contributed by atoms with van der Waals surface area (Å²) >= 11 is 0. The normalized spacial score (nSPS) is 14.8. The Kier molecular flexibility index (Phi) is 10.5. The minimum absolute atomic E-state index is 0.148. The predicted octanol–water partition coefficient (Wildman–Crippen LogP) is 3.63. The first-order valence-electron chi connectivity index (χ1n) is 13.7. The van der Waals surface area contributed by atoms with Crippen LogP contribution >= 0.6 is 0 Å². The van der Waals surface area contributed by atoms with E-state index >= 15 is 0 Å². The second-order valence-electron chi connectivity index (χ2n) is 10.2. The third-order valence-electron chi connectivity index (χ3n) is 6.67. The number of amides is 2. The Morgan fingerprint density at radius 3 is 2.15 bits per heavy atom. The Morgan fingerprint density at radius 1 is 0.927 bits per heavy atom. The van der Waals surface area contributed by atoms with Crippen LogP contribution in [0, 0.1) is 5.92 Å². The molecule has 1 N–H and O–H groups in total. The number of carbonyl (C=O) groups excluding carboxylic acids is 2. The van der Waals surface area contributed by atoms with Crippen molar-refractivity contribution in [3.63, 3.8) is 0 Å². The van der Waals surface area contributed by atoms with E-state index in [9.17, 15) is 18.0 Å². The third kappa shape index (κ3) is 8.16. The van der Waals surface area contributed by atoms with Gasteiger partial charge in [0.2, 0.25) is 15.9 Å². The smallest absolute Gasteiger partial charge is 0.261 e. The zero-order chi connectivity index (χ0) is 29.2. The number of nitrogens with one attached hydrogen (secondary N) is 1. The van der Waals surface area contributed by atoms with Crippen LogP contribution in [-0.4, -0.2) is 68.9 Å². The molecule has 1 fully saturated rings. The molecule has 10 heteroatoms. The fourth-order valence-corrected chi connectivity index (χ4v) is 5.89. The van der Waals surface area contributed by atoms with Gasteiger partial charge in [-0.05, 0) is 41.3 Å². The quantitative estimate of drug-likeness (QED) is 0.351. The Morgan fingerprint density at radius 2 is 1.54 bits per heavy atom. The molecule has 9 nitrogen and oxygen atoms in total. The van der Waals surface area contributed by atoms with Crippen molar-refractivity contribution in [2.75, 3.05) is 39.5 Å². The highest BCUT2D eigenvalue weighted by Crippen LogP contribution is 2.25. The molecular formula is C31H37N3O6S. The monoisotopic (exact) mass is 579 g/mol. The molecule has 0 aromatic heterocycles. The summed E-state index contributed by atoms with van der Waals surface area (Å²) in [6.45, 7) is 5.71. The van der Waals surface area contributed by atoms with Gasteiger partial charge < -0.3 is 19.7 Å². The number of morpholine rings is 1. The van der Waals surface area contributed by atoms with E-state index in [-0.39, 0.29) is 35.8 Å². The fourth-order valence-electron chi connectivity index (χ4n) is 4.49. The molecule has 0 saturated carbocycles. The first-order chi connectivity index (χ1) is 19.8. The van der Waals surface area contributed by atoms with Gasteiger partial charge in [-0.1, -0.05) is 74.5 Å². The van der Waals surface area contributed by atoms with Gasteiger partial charge >= 0.3 is 0 Å². The van der Waals surface area contributed by atoms with Crippen molar-refractivity contribution in [3.8, 4) is 5.75 Å². The molecule has 0 spiro atoms. The number of ether oxygens (including phenoxy) is 2. The molecule has 1 unspecified atom stereocenters. The second-order valence-corrected chi connectivity index (χ2v) is 12.2. The van der Waals surface area contributed by atoms with Crippen LogP contribution in [0.25, 0.3) is 0 Å². The van der Waals surface area contributed by atoms with Crippen molar-refractivity contribution in [1.82, 2.24) is 14.5 Å². The zero-order valence-electron chi connectivity index (χ0n) is 23.4. The van der Waals surface area contributed by atoms with Gasteiger partial charge in [0.05, 0.1) is 18.1 Å². The summed E-state index contributed by atoms with van der Waals surface area (Å²) < 4.78 is 38.3. The highest BCUT2D eigenvalue weighted by atomic mass is 32.2. The van der Waals surface area contributed by atoms with Crippen LogP contribution in [0.1, 0.15) is 31.0 Å². The summed E-state index contributed by atoms with van der Waals surface area (Å²) in [5.41, 5.74) is 1.56. The highest BCUT2D eigenvalue weighted by Gasteiger charge is 2.32. The summed E-state index contributed by atoms with van der Waals surface area (Å²) in [6, 6.07) is 23.8. The number of sulfonamides is 1. The maximum atomic E-state index is 13.7. The molecule has 0 bridgehead atoms. The Bertz CT molecular complexity index is 1380. The van der Waals surface area contributed by atoms with Crippen molar-refractivity contribution in [2.24, 2.45) is 5.92 Å². The van der Waals surface area contributed by atoms with Gasteiger partial charge in [-0.25, -0.2) is 8.42 Å². The molecule has 0 radical (unpaired) electrons. The van der Waals surface area contributed by atoms with Crippen LogP contribution in [0.4, 0.5) is 0 Å². The molecule has 1 aliphatic rings. The molecule has 1 atom stereocenters. The highest BCUT2D eigenvalue weighted by molar-refractivity contribution is 7.89. The number of rotatable bonds is 12. The van der Waals surface area contributed by atoms with E-state index in [1.165, 1.54) is 33.5 Å². The van der Waals surface area contributed by atoms with Crippen molar-refractivity contribution >= 4 is 21.8 Å². The summed E-state index contributed by atoms with van der Waals surface area (Å²) in [5, 5.41) is 2.98. The molecule has 1 heterocycles. The number of hydrogen-bond donors (Lipinski definition) is 1. The van der Waals surface area contributed by atoms with Crippen LogP contribution in [0.2, 0.25) is 0 Å². The molecule has 1 aliphatic heterocycles. The van der Waals surface area contributed by atoms with E-state index in [1.807, 2.05) is 74.5 Å². The number of benzene rings is 3. The van der Waals surface area contributed by atoms with Gasteiger partial charge in [-0.2, -0.15) is 4.31 Å². The first-order valence-corrected chi connectivity index (χ1v) is 15.2. The molecule has 4 rings (SSSR count). The second kappa shape index (κ2) is 14.2. The number of hydrogen-bond acceptors (Lipinski definition) is 6. The van der Waals surface area contributed by atoms with Crippen molar-refractivity contribution in [2.45, 2.75) is 31.3 Å². The minimum atomic E-state index is -3.64. The molecule has 3 aromatic carbocycles. The van der Waals surface area contributed by atoms with Crippen LogP contribution in [0.3, 0.4) is 0 Å². The van der Waals surface area contributed by atoms with E-state index in [0.717, 1.165) is 5.56 Å². The summed E-state index contributed by atoms with van der Waals surface area (Å²) in [7, 11) is -3.64. The van der Waals surface area contributed by atoms with Gasteiger partial charge in [0.15, 0.2) is 6.61 Å². The van der Waals surface area contributed by atoms with E-state index in [1.54, 1.807) is 0 Å². The van der Waals surface area contributed by atoms with Crippen molar-refractivity contribution < 1.29 is 27.5 Å².